The SMILES string of the molecule is Br.CCC(O)N(C)C. The van der Waals surface area contributed by atoms with Crippen LogP contribution in [0.15, 0.2) is 0 Å². The second-order valence-electron chi connectivity index (χ2n) is 1.85. The zero-order valence-electron chi connectivity index (χ0n) is 5.59. The minimum Gasteiger partial charge on any atom is -0.378 e. The van der Waals surface area contributed by atoms with E-state index in [9.17, 15) is 0 Å². The van der Waals surface area contributed by atoms with Crippen LogP contribution in [-0.2, 0) is 0 Å². The Balaban J connectivity index is 0. The van der Waals surface area contributed by atoms with Crippen LogP contribution in [0.4, 0.5) is 0 Å². The predicted octanol–water partition coefficient (Wildman–Crippen LogP) is 0.854. The normalized spacial score (nSPS) is 13.1. The van der Waals surface area contributed by atoms with Gasteiger partial charge in [-0.3, -0.25) is 4.90 Å². The second kappa shape index (κ2) is 5.54. The maximum absolute atomic E-state index is 8.86. The van der Waals surface area contributed by atoms with Gasteiger partial charge in [0.05, 0.1) is 0 Å². The summed E-state index contributed by atoms with van der Waals surface area (Å²) in [5.74, 6) is 0. The van der Waals surface area contributed by atoms with E-state index in [1.165, 1.54) is 0 Å². The topological polar surface area (TPSA) is 23.5 Å². The number of aliphatic hydroxyl groups excluding tert-OH is 1. The summed E-state index contributed by atoms with van der Waals surface area (Å²) in [7, 11) is 3.71. The Morgan fingerprint density at radius 3 is 1.88 bits per heavy atom. The summed E-state index contributed by atoms with van der Waals surface area (Å²) in [6, 6.07) is 0. The predicted molar refractivity (Wildman–Crippen MR) is 40.3 cm³/mol. The number of aliphatic hydroxyl groups is 1. The Kier molecular flexibility index (Phi) is 7.77. The molecule has 0 aliphatic heterocycles. The minimum atomic E-state index is -0.264. The first-order valence-electron chi connectivity index (χ1n) is 2.53. The van der Waals surface area contributed by atoms with Crippen LogP contribution in [0.3, 0.4) is 0 Å². The number of hydrogen-bond donors (Lipinski definition) is 1. The molecule has 0 bridgehead atoms. The van der Waals surface area contributed by atoms with Crippen LogP contribution in [0.1, 0.15) is 13.3 Å². The number of halogens is 1. The van der Waals surface area contributed by atoms with Gasteiger partial charge in [-0.25, -0.2) is 0 Å². The zero-order chi connectivity index (χ0) is 5.86. The molecule has 0 aliphatic rings. The van der Waals surface area contributed by atoms with Crippen molar-refractivity contribution in [3.8, 4) is 0 Å². The highest BCUT2D eigenvalue weighted by molar-refractivity contribution is 8.93. The Morgan fingerprint density at radius 2 is 1.88 bits per heavy atom. The Labute approximate surface area is 61.3 Å². The molecule has 0 aromatic heterocycles. The smallest absolute Gasteiger partial charge is 0.106 e. The van der Waals surface area contributed by atoms with Crippen LogP contribution in [0.25, 0.3) is 0 Å². The number of hydrogen-bond acceptors (Lipinski definition) is 2. The summed E-state index contributed by atoms with van der Waals surface area (Å²) < 4.78 is 0. The van der Waals surface area contributed by atoms with Crippen molar-refractivity contribution in [1.82, 2.24) is 4.90 Å². The molecule has 0 fully saturated rings. The summed E-state index contributed by atoms with van der Waals surface area (Å²) in [4.78, 5) is 1.78. The first-order valence-corrected chi connectivity index (χ1v) is 2.53. The summed E-state index contributed by atoms with van der Waals surface area (Å²) in [6.07, 6.45) is 0.535. The van der Waals surface area contributed by atoms with Crippen LogP contribution in [-0.4, -0.2) is 30.3 Å². The highest BCUT2D eigenvalue weighted by atomic mass is 79.9. The van der Waals surface area contributed by atoms with Gasteiger partial charge >= 0.3 is 0 Å². The molecule has 0 aromatic rings. The van der Waals surface area contributed by atoms with E-state index < -0.39 is 0 Å². The molecule has 0 spiro atoms. The van der Waals surface area contributed by atoms with E-state index in [-0.39, 0.29) is 23.2 Å². The highest BCUT2D eigenvalue weighted by Crippen LogP contribution is 1.90. The van der Waals surface area contributed by atoms with Gasteiger partial charge in [0.2, 0.25) is 0 Å². The van der Waals surface area contributed by atoms with Crippen LogP contribution in [0, 0.1) is 0 Å². The van der Waals surface area contributed by atoms with E-state index in [0.29, 0.717) is 0 Å². The van der Waals surface area contributed by atoms with Crippen molar-refractivity contribution in [3.63, 3.8) is 0 Å². The fraction of sp³-hybridized carbons (Fsp3) is 1.00. The van der Waals surface area contributed by atoms with Crippen LogP contribution in [0.2, 0.25) is 0 Å². The maximum Gasteiger partial charge on any atom is 0.106 e. The van der Waals surface area contributed by atoms with E-state index in [2.05, 4.69) is 0 Å². The first kappa shape index (κ1) is 11.2. The number of nitrogens with zero attached hydrogens (tertiary/aromatic N) is 1. The van der Waals surface area contributed by atoms with Gasteiger partial charge < -0.3 is 5.11 Å². The third kappa shape index (κ3) is 4.56. The van der Waals surface area contributed by atoms with Crippen molar-refractivity contribution in [2.24, 2.45) is 0 Å². The molecule has 0 aliphatic carbocycles. The van der Waals surface area contributed by atoms with Crippen molar-refractivity contribution in [1.29, 1.82) is 0 Å². The molecule has 52 valence electrons. The molecule has 0 radical (unpaired) electrons. The van der Waals surface area contributed by atoms with E-state index in [1.54, 1.807) is 4.90 Å². The average molecular weight is 184 g/mol. The quantitative estimate of drug-likeness (QED) is 0.643. The van der Waals surface area contributed by atoms with Gasteiger partial charge in [0.1, 0.15) is 6.23 Å². The molecule has 1 N–H and O–H groups in total. The van der Waals surface area contributed by atoms with Gasteiger partial charge in [0.25, 0.3) is 0 Å². The lowest BCUT2D eigenvalue weighted by Gasteiger charge is -2.15. The van der Waals surface area contributed by atoms with E-state index in [0.717, 1.165) is 6.42 Å². The minimum absolute atomic E-state index is 0. The lowest BCUT2D eigenvalue weighted by molar-refractivity contribution is 0.0377. The number of rotatable bonds is 2. The molecule has 0 saturated carbocycles. The van der Waals surface area contributed by atoms with Crippen molar-refractivity contribution in [3.05, 3.63) is 0 Å². The Morgan fingerprint density at radius 1 is 1.50 bits per heavy atom. The summed E-state index contributed by atoms with van der Waals surface area (Å²) in [5.41, 5.74) is 0. The van der Waals surface area contributed by atoms with Crippen molar-refractivity contribution in [2.45, 2.75) is 19.6 Å². The van der Waals surface area contributed by atoms with Crippen LogP contribution in [0.5, 0.6) is 0 Å². The standard InChI is InChI=1S/C5H13NO.BrH/c1-4-5(7)6(2)3;/h5,7H,4H2,1-3H3;1H. The first-order chi connectivity index (χ1) is 3.18. The third-order valence-electron chi connectivity index (χ3n) is 0.961. The van der Waals surface area contributed by atoms with Crippen molar-refractivity contribution < 1.29 is 5.11 Å². The van der Waals surface area contributed by atoms with Crippen molar-refractivity contribution in [2.75, 3.05) is 14.1 Å². The third-order valence-corrected chi connectivity index (χ3v) is 0.961. The average Bonchev–Trinajstić information content (AvgIpc) is 1.65. The molecule has 2 nitrogen and oxygen atoms in total. The molecule has 8 heavy (non-hydrogen) atoms. The van der Waals surface area contributed by atoms with Crippen LogP contribution >= 0.6 is 17.0 Å². The molecule has 0 rings (SSSR count). The summed E-state index contributed by atoms with van der Waals surface area (Å²) >= 11 is 0. The van der Waals surface area contributed by atoms with E-state index >= 15 is 0 Å². The molecule has 0 amide bonds. The van der Waals surface area contributed by atoms with E-state index in [4.69, 9.17) is 5.11 Å². The Bertz CT molecular complexity index is 49.7. The summed E-state index contributed by atoms with van der Waals surface area (Å²) in [6.45, 7) is 1.95. The molecule has 1 unspecified atom stereocenters. The lowest BCUT2D eigenvalue weighted by atomic mass is 10.4. The second-order valence-corrected chi connectivity index (χ2v) is 1.85. The zero-order valence-corrected chi connectivity index (χ0v) is 7.30. The largest absolute Gasteiger partial charge is 0.378 e. The van der Waals surface area contributed by atoms with Gasteiger partial charge in [-0.1, -0.05) is 6.92 Å². The fourth-order valence-electron chi connectivity index (χ4n) is 0.365. The van der Waals surface area contributed by atoms with Gasteiger partial charge in [0.15, 0.2) is 0 Å². The molecule has 0 aromatic carbocycles. The lowest BCUT2D eigenvalue weighted by Crippen LogP contribution is -2.26. The molecule has 1 atom stereocenters. The fourth-order valence-corrected chi connectivity index (χ4v) is 0.365. The maximum atomic E-state index is 8.86. The van der Waals surface area contributed by atoms with Gasteiger partial charge in [-0.2, -0.15) is 0 Å². The Hall–Kier alpha value is 0.400. The highest BCUT2D eigenvalue weighted by Gasteiger charge is 1.99. The van der Waals surface area contributed by atoms with E-state index in [1.807, 2.05) is 21.0 Å². The molecular weight excluding hydrogens is 170 g/mol. The molecule has 0 saturated heterocycles. The van der Waals surface area contributed by atoms with Gasteiger partial charge in [0, 0.05) is 0 Å². The monoisotopic (exact) mass is 183 g/mol. The molecule has 3 heteroatoms. The van der Waals surface area contributed by atoms with Gasteiger partial charge in [-0.15, -0.1) is 17.0 Å². The summed E-state index contributed by atoms with van der Waals surface area (Å²) in [5, 5.41) is 8.86. The van der Waals surface area contributed by atoms with Gasteiger partial charge in [-0.05, 0) is 20.5 Å². The van der Waals surface area contributed by atoms with Crippen LogP contribution < -0.4 is 0 Å². The molecular formula is C5H14BrNO. The molecule has 0 heterocycles. The van der Waals surface area contributed by atoms with Crippen molar-refractivity contribution >= 4 is 17.0 Å².